The molecule has 1 unspecified atom stereocenters. The lowest BCUT2D eigenvalue weighted by atomic mass is 9.95. The van der Waals surface area contributed by atoms with Gasteiger partial charge in [0, 0.05) is 6.04 Å². The molecule has 110 valence electrons. The fourth-order valence-electron chi connectivity index (χ4n) is 2.92. The fraction of sp³-hybridized carbons (Fsp3) is 0.588. The van der Waals surface area contributed by atoms with Gasteiger partial charge in [-0.1, -0.05) is 62.4 Å². The largest absolute Gasteiger partial charge is 0.468 e. The molecule has 1 atom stereocenters. The van der Waals surface area contributed by atoms with E-state index in [4.69, 9.17) is 4.74 Å². The Morgan fingerprint density at radius 1 is 1.10 bits per heavy atom. The van der Waals surface area contributed by atoms with E-state index in [0.29, 0.717) is 6.04 Å². The van der Waals surface area contributed by atoms with Crippen LogP contribution in [0.2, 0.25) is 0 Å². The van der Waals surface area contributed by atoms with Crippen molar-refractivity contribution in [3.63, 3.8) is 0 Å². The molecule has 1 saturated carbocycles. The van der Waals surface area contributed by atoms with Crippen LogP contribution in [0.3, 0.4) is 0 Å². The van der Waals surface area contributed by atoms with E-state index in [-0.39, 0.29) is 12.0 Å². The first-order valence-electron chi connectivity index (χ1n) is 7.70. The molecule has 0 saturated heterocycles. The number of carbonyl (C=O) groups is 1. The molecule has 1 aromatic rings. The standard InChI is InChI=1S/C17H25NO2/c1-20-17(19)16(14-10-6-5-7-11-14)18-15-12-8-3-2-4-9-13-15/h5-7,10-11,15-16,18H,2-4,8-9,12-13H2,1H3. The molecule has 0 bridgehead atoms. The minimum atomic E-state index is -0.342. The second-order valence-corrected chi connectivity index (χ2v) is 5.58. The van der Waals surface area contributed by atoms with E-state index in [1.165, 1.54) is 39.2 Å². The van der Waals surface area contributed by atoms with Crippen LogP contribution in [0.25, 0.3) is 0 Å². The summed E-state index contributed by atoms with van der Waals surface area (Å²) in [5.41, 5.74) is 0.987. The SMILES string of the molecule is COC(=O)C(NC1CCCCCCC1)c1ccccc1. The highest BCUT2D eigenvalue weighted by Gasteiger charge is 2.24. The second kappa shape index (κ2) is 8.05. The summed E-state index contributed by atoms with van der Waals surface area (Å²) in [7, 11) is 1.46. The molecule has 3 heteroatoms. The van der Waals surface area contributed by atoms with Gasteiger partial charge in [0.1, 0.15) is 6.04 Å². The molecule has 0 amide bonds. The predicted molar refractivity (Wildman–Crippen MR) is 80.4 cm³/mol. The van der Waals surface area contributed by atoms with E-state index < -0.39 is 0 Å². The monoisotopic (exact) mass is 275 g/mol. The molecule has 2 rings (SSSR count). The van der Waals surface area contributed by atoms with Crippen molar-refractivity contribution in [1.82, 2.24) is 5.32 Å². The van der Waals surface area contributed by atoms with Crippen LogP contribution in [0, 0.1) is 0 Å². The number of esters is 1. The van der Waals surface area contributed by atoms with Gasteiger partial charge in [-0.05, 0) is 18.4 Å². The van der Waals surface area contributed by atoms with Gasteiger partial charge in [0.2, 0.25) is 0 Å². The molecule has 0 aromatic heterocycles. The summed E-state index contributed by atoms with van der Waals surface area (Å²) < 4.78 is 4.96. The van der Waals surface area contributed by atoms with E-state index >= 15 is 0 Å². The smallest absolute Gasteiger partial charge is 0.327 e. The van der Waals surface area contributed by atoms with Gasteiger partial charge in [-0.25, -0.2) is 4.79 Å². The Labute approximate surface area is 121 Å². The fourth-order valence-corrected chi connectivity index (χ4v) is 2.92. The molecule has 20 heavy (non-hydrogen) atoms. The van der Waals surface area contributed by atoms with Crippen molar-refractivity contribution in [2.45, 2.75) is 57.0 Å². The maximum Gasteiger partial charge on any atom is 0.327 e. The number of hydrogen-bond donors (Lipinski definition) is 1. The van der Waals surface area contributed by atoms with E-state index in [2.05, 4.69) is 5.32 Å². The lowest BCUT2D eigenvalue weighted by Crippen LogP contribution is -2.38. The van der Waals surface area contributed by atoms with Crippen molar-refractivity contribution in [3.8, 4) is 0 Å². The normalized spacial score (nSPS) is 18.9. The van der Waals surface area contributed by atoms with Crippen molar-refractivity contribution < 1.29 is 9.53 Å². The zero-order valence-electron chi connectivity index (χ0n) is 12.3. The van der Waals surface area contributed by atoms with Gasteiger partial charge in [-0.15, -0.1) is 0 Å². The average Bonchev–Trinajstić information content (AvgIpc) is 2.46. The number of hydrogen-bond acceptors (Lipinski definition) is 3. The Morgan fingerprint density at radius 2 is 1.70 bits per heavy atom. The van der Waals surface area contributed by atoms with Gasteiger partial charge in [0.25, 0.3) is 0 Å². The van der Waals surface area contributed by atoms with Gasteiger partial charge in [0.05, 0.1) is 7.11 Å². The van der Waals surface area contributed by atoms with E-state index in [1.807, 2.05) is 30.3 Å². The molecule has 0 aliphatic heterocycles. The maximum absolute atomic E-state index is 12.1. The second-order valence-electron chi connectivity index (χ2n) is 5.58. The molecular weight excluding hydrogens is 250 g/mol. The Hall–Kier alpha value is -1.35. The topological polar surface area (TPSA) is 38.3 Å². The summed E-state index contributed by atoms with van der Waals surface area (Å²) in [5, 5.41) is 3.52. The van der Waals surface area contributed by atoms with Crippen LogP contribution in [-0.4, -0.2) is 19.1 Å². The molecule has 1 aliphatic rings. The van der Waals surface area contributed by atoms with Crippen molar-refractivity contribution in [2.24, 2.45) is 0 Å². The maximum atomic E-state index is 12.1. The quantitative estimate of drug-likeness (QED) is 0.853. The number of rotatable bonds is 4. The summed E-state index contributed by atoms with van der Waals surface area (Å²) in [6, 6.07) is 9.93. The van der Waals surface area contributed by atoms with E-state index in [1.54, 1.807) is 0 Å². The first-order chi connectivity index (χ1) is 9.81. The molecule has 1 aliphatic carbocycles. The third-order valence-corrected chi connectivity index (χ3v) is 4.08. The van der Waals surface area contributed by atoms with Crippen molar-refractivity contribution in [1.29, 1.82) is 0 Å². The number of carbonyl (C=O) groups excluding carboxylic acids is 1. The highest BCUT2D eigenvalue weighted by Crippen LogP contribution is 2.21. The number of nitrogens with one attached hydrogen (secondary N) is 1. The highest BCUT2D eigenvalue weighted by atomic mass is 16.5. The van der Waals surface area contributed by atoms with Crippen molar-refractivity contribution in [2.75, 3.05) is 7.11 Å². The molecular formula is C17H25NO2. The number of benzene rings is 1. The van der Waals surface area contributed by atoms with Gasteiger partial charge in [-0.3, -0.25) is 5.32 Å². The Bertz CT molecular complexity index is 397. The molecule has 0 radical (unpaired) electrons. The number of methoxy groups -OCH3 is 1. The number of ether oxygens (including phenoxy) is 1. The van der Waals surface area contributed by atoms with Gasteiger partial charge in [-0.2, -0.15) is 0 Å². The van der Waals surface area contributed by atoms with E-state index in [0.717, 1.165) is 18.4 Å². The first kappa shape index (κ1) is 15.0. The van der Waals surface area contributed by atoms with Crippen LogP contribution in [0.5, 0.6) is 0 Å². The zero-order valence-corrected chi connectivity index (χ0v) is 12.3. The molecule has 1 N–H and O–H groups in total. The summed E-state index contributed by atoms with van der Waals surface area (Å²) in [6.07, 6.45) is 8.78. The predicted octanol–water partition coefficient (Wildman–Crippen LogP) is 3.60. The lowest BCUT2D eigenvalue weighted by molar-refractivity contribution is -0.143. The minimum Gasteiger partial charge on any atom is -0.468 e. The molecule has 0 spiro atoms. The average molecular weight is 275 g/mol. The van der Waals surface area contributed by atoms with Gasteiger partial charge >= 0.3 is 5.97 Å². The van der Waals surface area contributed by atoms with Crippen LogP contribution in [0.1, 0.15) is 56.6 Å². The summed E-state index contributed by atoms with van der Waals surface area (Å²) in [6.45, 7) is 0. The Morgan fingerprint density at radius 3 is 2.30 bits per heavy atom. The van der Waals surface area contributed by atoms with Crippen LogP contribution < -0.4 is 5.32 Å². The van der Waals surface area contributed by atoms with Crippen LogP contribution in [0.15, 0.2) is 30.3 Å². The summed E-state index contributed by atoms with van der Waals surface area (Å²) in [4.78, 5) is 12.1. The van der Waals surface area contributed by atoms with Crippen LogP contribution in [-0.2, 0) is 9.53 Å². The molecule has 0 heterocycles. The van der Waals surface area contributed by atoms with Gasteiger partial charge < -0.3 is 4.74 Å². The van der Waals surface area contributed by atoms with Crippen molar-refractivity contribution >= 4 is 5.97 Å². The third kappa shape index (κ3) is 4.34. The zero-order chi connectivity index (χ0) is 14.2. The van der Waals surface area contributed by atoms with E-state index in [9.17, 15) is 4.79 Å². The minimum absolute atomic E-state index is 0.196. The Balaban J connectivity index is 2.05. The Kier molecular flexibility index (Phi) is 6.06. The first-order valence-corrected chi connectivity index (χ1v) is 7.70. The molecule has 1 aromatic carbocycles. The highest BCUT2D eigenvalue weighted by molar-refractivity contribution is 5.77. The molecule has 3 nitrogen and oxygen atoms in total. The van der Waals surface area contributed by atoms with Gasteiger partial charge in [0.15, 0.2) is 0 Å². The molecule has 1 fully saturated rings. The summed E-state index contributed by atoms with van der Waals surface area (Å²) >= 11 is 0. The van der Waals surface area contributed by atoms with Crippen molar-refractivity contribution in [3.05, 3.63) is 35.9 Å². The lowest BCUT2D eigenvalue weighted by Gasteiger charge is -2.26. The summed E-state index contributed by atoms with van der Waals surface area (Å²) in [5.74, 6) is -0.196. The third-order valence-electron chi connectivity index (χ3n) is 4.08. The van der Waals surface area contributed by atoms with Crippen LogP contribution >= 0.6 is 0 Å². The van der Waals surface area contributed by atoms with Crippen LogP contribution in [0.4, 0.5) is 0 Å².